The number of methoxy groups -OCH3 is 2. The van der Waals surface area contributed by atoms with Crippen molar-refractivity contribution in [3.63, 3.8) is 0 Å². The number of carbonyl (C=O) groups is 1. The van der Waals surface area contributed by atoms with Gasteiger partial charge in [0.1, 0.15) is 24.2 Å². The fraction of sp³-hybridized carbons (Fsp3) is 0.308. The van der Waals surface area contributed by atoms with Gasteiger partial charge in [-0.2, -0.15) is 5.10 Å². The number of benzene rings is 1. The number of carbonyl (C=O) groups excluding carboxylic acids is 1. The van der Waals surface area contributed by atoms with Gasteiger partial charge in [0.2, 0.25) is 5.91 Å². The highest BCUT2D eigenvalue weighted by Gasteiger charge is 2.06. The second kappa shape index (κ2) is 6.55. The van der Waals surface area contributed by atoms with Gasteiger partial charge in [-0.3, -0.25) is 9.48 Å². The quantitative estimate of drug-likeness (QED) is 0.861. The molecule has 1 aromatic heterocycles. The van der Waals surface area contributed by atoms with Gasteiger partial charge < -0.3 is 14.8 Å². The van der Waals surface area contributed by atoms with E-state index >= 15 is 0 Å². The predicted octanol–water partition coefficient (Wildman–Crippen LogP) is 1.32. The number of rotatable bonds is 6. The van der Waals surface area contributed by atoms with E-state index in [-0.39, 0.29) is 5.91 Å². The molecule has 1 N–H and O–H groups in total. The zero-order chi connectivity index (χ0) is 14.4. The Morgan fingerprint density at radius 3 is 2.50 bits per heavy atom. The molecule has 1 heterocycles. The van der Waals surface area contributed by atoms with Crippen molar-refractivity contribution in [2.45, 2.75) is 13.0 Å². The van der Waals surface area contributed by atoms with Gasteiger partial charge in [0.15, 0.2) is 0 Å². The summed E-state index contributed by atoms with van der Waals surface area (Å²) >= 11 is 0. The van der Waals surface area contributed by atoms with Crippen LogP contribution in [-0.2, 0) is 11.3 Å². The lowest BCUT2D eigenvalue weighted by molar-refractivity contribution is -0.116. The number of ether oxygens (including phenoxy) is 2. The van der Waals surface area contributed by atoms with Gasteiger partial charge >= 0.3 is 0 Å². The van der Waals surface area contributed by atoms with E-state index in [2.05, 4.69) is 15.4 Å². The summed E-state index contributed by atoms with van der Waals surface area (Å²) in [5, 5.41) is 6.73. The third-order valence-electron chi connectivity index (χ3n) is 2.67. The third kappa shape index (κ3) is 3.71. The summed E-state index contributed by atoms with van der Waals surface area (Å²) in [4.78, 5) is 15.7. The molecule has 0 aliphatic carbocycles. The highest BCUT2D eigenvalue weighted by molar-refractivity contribution is 5.91. The first-order valence-corrected chi connectivity index (χ1v) is 6.06. The molecule has 2 rings (SSSR count). The summed E-state index contributed by atoms with van der Waals surface area (Å²) in [5.41, 5.74) is 0.629. The van der Waals surface area contributed by atoms with E-state index < -0.39 is 0 Å². The van der Waals surface area contributed by atoms with Crippen LogP contribution >= 0.6 is 0 Å². The van der Waals surface area contributed by atoms with Crippen molar-refractivity contribution in [1.29, 1.82) is 0 Å². The lowest BCUT2D eigenvalue weighted by Gasteiger charge is -2.09. The van der Waals surface area contributed by atoms with Crippen molar-refractivity contribution in [3.8, 4) is 11.5 Å². The van der Waals surface area contributed by atoms with E-state index in [0.29, 0.717) is 30.2 Å². The van der Waals surface area contributed by atoms with E-state index in [1.807, 2.05) is 0 Å². The maximum Gasteiger partial charge on any atom is 0.226 e. The molecule has 1 aromatic carbocycles. The molecule has 0 atom stereocenters. The molecule has 0 radical (unpaired) electrons. The molecule has 0 saturated carbocycles. The first kappa shape index (κ1) is 13.9. The van der Waals surface area contributed by atoms with Crippen molar-refractivity contribution in [2.75, 3.05) is 19.5 Å². The molecule has 20 heavy (non-hydrogen) atoms. The Morgan fingerprint density at radius 2 is 1.95 bits per heavy atom. The largest absolute Gasteiger partial charge is 0.497 e. The van der Waals surface area contributed by atoms with E-state index in [9.17, 15) is 4.79 Å². The molecule has 7 nitrogen and oxygen atoms in total. The first-order valence-electron chi connectivity index (χ1n) is 6.06. The molecular formula is C13H16N4O3. The van der Waals surface area contributed by atoms with Crippen LogP contribution < -0.4 is 14.8 Å². The number of amides is 1. The Labute approximate surface area is 116 Å². The predicted molar refractivity (Wildman–Crippen MR) is 72.8 cm³/mol. The number of aryl methyl sites for hydroxylation is 1. The Bertz CT molecular complexity index is 547. The second-order valence-corrected chi connectivity index (χ2v) is 4.06. The zero-order valence-electron chi connectivity index (χ0n) is 11.4. The second-order valence-electron chi connectivity index (χ2n) is 4.06. The van der Waals surface area contributed by atoms with Crippen molar-refractivity contribution in [1.82, 2.24) is 14.8 Å². The molecule has 0 saturated heterocycles. The van der Waals surface area contributed by atoms with Crippen LogP contribution in [0.1, 0.15) is 6.42 Å². The molecule has 2 aromatic rings. The van der Waals surface area contributed by atoms with Crippen molar-refractivity contribution in [3.05, 3.63) is 30.9 Å². The number of aromatic nitrogens is 3. The third-order valence-corrected chi connectivity index (χ3v) is 2.67. The van der Waals surface area contributed by atoms with E-state index in [4.69, 9.17) is 9.47 Å². The Morgan fingerprint density at radius 1 is 1.25 bits per heavy atom. The molecule has 0 aliphatic heterocycles. The molecule has 1 amide bonds. The van der Waals surface area contributed by atoms with Crippen LogP contribution in [0.25, 0.3) is 0 Å². The van der Waals surface area contributed by atoms with Gasteiger partial charge in [0.05, 0.1) is 20.8 Å². The number of anilines is 1. The number of hydrogen-bond acceptors (Lipinski definition) is 5. The molecular weight excluding hydrogens is 260 g/mol. The van der Waals surface area contributed by atoms with Crippen LogP contribution in [0.4, 0.5) is 5.69 Å². The van der Waals surface area contributed by atoms with Crippen LogP contribution in [0, 0.1) is 0 Å². The smallest absolute Gasteiger partial charge is 0.226 e. The topological polar surface area (TPSA) is 78.3 Å². The maximum atomic E-state index is 11.9. The lowest BCUT2D eigenvalue weighted by atomic mass is 10.2. The summed E-state index contributed by atoms with van der Waals surface area (Å²) in [6, 6.07) is 5.21. The molecule has 0 spiro atoms. The molecule has 7 heteroatoms. The van der Waals surface area contributed by atoms with Gasteiger partial charge in [-0.1, -0.05) is 0 Å². The van der Waals surface area contributed by atoms with Crippen molar-refractivity contribution >= 4 is 11.6 Å². The number of hydrogen-bond donors (Lipinski definition) is 1. The van der Waals surface area contributed by atoms with Crippen LogP contribution in [0.2, 0.25) is 0 Å². The molecule has 106 valence electrons. The van der Waals surface area contributed by atoms with Gasteiger partial charge in [0.25, 0.3) is 0 Å². The molecule has 0 aliphatic rings. The lowest BCUT2D eigenvalue weighted by Crippen LogP contribution is -2.14. The average Bonchev–Trinajstić information content (AvgIpc) is 2.98. The van der Waals surface area contributed by atoms with Crippen LogP contribution in [0.5, 0.6) is 11.5 Å². The van der Waals surface area contributed by atoms with Crippen molar-refractivity contribution < 1.29 is 14.3 Å². The van der Waals surface area contributed by atoms with E-state index in [0.717, 1.165) is 0 Å². The average molecular weight is 276 g/mol. The number of nitrogens with one attached hydrogen (secondary N) is 1. The van der Waals surface area contributed by atoms with Gasteiger partial charge in [-0.25, -0.2) is 4.98 Å². The maximum absolute atomic E-state index is 11.9. The SMILES string of the molecule is COc1cc(NC(=O)CCn2cncn2)cc(OC)c1. The highest BCUT2D eigenvalue weighted by atomic mass is 16.5. The zero-order valence-corrected chi connectivity index (χ0v) is 11.4. The Kier molecular flexibility index (Phi) is 4.54. The monoisotopic (exact) mass is 276 g/mol. The molecule has 0 fully saturated rings. The fourth-order valence-electron chi connectivity index (χ4n) is 1.67. The summed E-state index contributed by atoms with van der Waals surface area (Å²) < 4.78 is 11.9. The van der Waals surface area contributed by atoms with Gasteiger partial charge in [-0.15, -0.1) is 0 Å². The van der Waals surface area contributed by atoms with E-state index in [1.165, 1.54) is 6.33 Å². The molecule has 0 bridgehead atoms. The Hall–Kier alpha value is -2.57. The minimum atomic E-state index is -0.115. The highest BCUT2D eigenvalue weighted by Crippen LogP contribution is 2.25. The van der Waals surface area contributed by atoms with Gasteiger partial charge in [0, 0.05) is 30.3 Å². The van der Waals surface area contributed by atoms with Crippen LogP contribution in [0.3, 0.4) is 0 Å². The van der Waals surface area contributed by atoms with Gasteiger partial charge in [-0.05, 0) is 0 Å². The Balaban J connectivity index is 1.96. The summed E-state index contributed by atoms with van der Waals surface area (Å²) in [6.45, 7) is 0.479. The summed E-state index contributed by atoms with van der Waals surface area (Å²) in [6.07, 6.45) is 3.32. The number of nitrogens with zero attached hydrogens (tertiary/aromatic N) is 3. The van der Waals surface area contributed by atoms with Crippen molar-refractivity contribution in [2.24, 2.45) is 0 Å². The minimum Gasteiger partial charge on any atom is -0.497 e. The van der Waals surface area contributed by atoms with E-state index in [1.54, 1.807) is 43.4 Å². The van der Waals surface area contributed by atoms with Crippen LogP contribution in [0.15, 0.2) is 30.9 Å². The van der Waals surface area contributed by atoms with Crippen LogP contribution in [-0.4, -0.2) is 34.9 Å². The minimum absolute atomic E-state index is 0.115. The normalized spacial score (nSPS) is 10.1. The summed E-state index contributed by atoms with van der Waals surface area (Å²) in [7, 11) is 3.12. The standard InChI is InChI=1S/C13H16N4O3/c1-19-11-5-10(6-12(7-11)20-2)16-13(18)3-4-17-9-14-8-15-17/h5-9H,3-4H2,1-2H3,(H,16,18). The molecule has 0 unspecified atom stereocenters. The first-order chi connectivity index (χ1) is 9.71. The summed E-state index contributed by atoms with van der Waals surface area (Å²) in [5.74, 6) is 1.13. The fourth-order valence-corrected chi connectivity index (χ4v) is 1.67.